The molecule has 0 heterocycles. The van der Waals surface area contributed by atoms with Crippen molar-refractivity contribution >= 4 is 10.0 Å². The molecule has 0 spiro atoms. The molecule has 0 bridgehead atoms. The minimum absolute atomic E-state index is 0.0701. The highest BCUT2D eigenvalue weighted by Crippen LogP contribution is 2.35. The Morgan fingerprint density at radius 3 is 2.94 bits per heavy atom. The first-order valence-corrected chi connectivity index (χ1v) is 7.57. The lowest BCUT2D eigenvalue weighted by Gasteiger charge is -2.06. The zero-order chi connectivity index (χ0) is 13.2. The van der Waals surface area contributed by atoms with Crippen LogP contribution in [0.3, 0.4) is 0 Å². The Labute approximate surface area is 108 Å². The maximum Gasteiger partial charge on any atom is 0.240 e. The molecular weight excluding hydrogens is 248 g/mol. The molecule has 0 aliphatic heterocycles. The maximum atomic E-state index is 12.1. The molecule has 1 aromatic carbocycles. The Bertz CT molecular complexity index is 575. The molecule has 5 heteroatoms. The molecule has 0 aromatic heterocycles. The van der Waals surface area contributed by atoms with E-state index in [1.54, 1.807) is 12.1 Å². The summed E-state index contributed by atoms with van der Waals surface area (Å²) in [7, 11) is -3.48. The van der Waals surface area contributed by atoms with Gasteiger partial charge in [-0.3, -0.25) is 0 Å². The summed E-state index contributed by atoms with van der Waals surface area (Å²) in [6.07, 6.45) is 3.06. The van der Waals surface area contributed by atoms with Gasteiger partial charge in [-0.15, -0.1) is 0 Å². The molecular formula is C13H16N2O2S. The average molecular weight is 264 g/mol. The van der Waals surface area contributed by atoms with Crippen LogP contribution in [-0.4, -0.2) is 14.5 Å². The highest BCUT2D eigenvalue weighted by atomic mass is 32.2. The van der Waals surface area contributed by atoms with Gasteiger partial charge in [-0.25, -0.2) is 13.1 Å². The molecule has 2 unspecified atom stereocenters. The standard InChI is InChI=1S/C13H16N2O2S/c1-2-4-11-8-13(11)15-18(16,17)12-6-3-5-10(7-12)9-14/h3,5-7,11,13,15H,2,4,8H2,1H3. The molecule has 2 atom stereocenters. The van der Waals surface area contributed by atoms with Gasteiger partial charge < -0.3 is 0 Å². The van der Waals surface area contributed by atoms with Gasteiger partial charge in [-0.05, 0) is 37.0 Å². The molecule has 1 saturated carbocycles. The van der Waals surface area contributed by atoms with Crippen LogP contribution in [0, 0.1) is 17.2 Å². The number of nitrogens with one attached hydrogen (secondary N) is 1. The fraction of sp³-hybridized carbons (Fsp3) is 0.462. The number of nitriles is 1. The Hall–Kier alpha value is -1.38. The van der Waals surface area contributed by atoms with E-state index in [4.69, 9.17) is 5.26 Å². The van der Waals surface area contributed by atoms with Crippen molar-refractivity contribution in [3.63, 3.8) is 0 Å². The van der Waals surface area contributed by atoms with E-state index < -0.39 is 10.0 Å². The van der Waals surface area contributed by atoms with Gasteiger partial charge in [0.1, 0.15) is 0 Å². The maximum absolute atomic E-state index is 12.1. The van der Waals surface area contributed by atoms with Crippen molar-refractivity contribution in [3.05, 3.63) is 29.8 Å². The van der Waals surface area contributed by atoms with Crippen molar-refractivity contribution in [2.24, 2.45) is 5.92 Å². The molecule has 18 heavy (non-hydrogen) atoms. The lowest BCUT2D eigenvalue weighted by molar-refractivity contribution is 0.573. The fourth-order valence-electron chi connectivity index (χ4n) is 2.08. The molecule has 0 amide bonds. The summed E-state index contributed by atoms with van der Waals surface area (Å²) >= 11 is 0. The first-order valence-electron chi connectivity index (χ1n) is 6.09. The highest BCUT2D eigenvalue weighted by Gasteiger charge is 2.39. The van der Waals surface area contributed by atoms with Gasteiger partial charge in [0.2, 0.25) is 10.0 Å². The van der Waals surface area contributed by atoms with Gasteiger partial charge in [0.15, 0.2) is 0 Å². The first-order chi connectivity index (χ1) is 8.56. The monoisotopic (exact) mass is 264 g/mol. The molecule has 1 fully saturated rings. The van der Waals surface area contributed by atoms with Gasteiger partial charge in [-0.2, -0.15) is 5.26 Å². The van der Waals surface area contributed by atoms with Crippen LogP contribution in [0.4, 0.5) is 0 Å². The van der Waals surface area contributed by atoms with Crippen LogP contribution in [0.2, 0.25) is 0 Å². The van der Waals surface area contributed by atoms with Gasteiger partial charge in [0.25, 0.3) is 0 Å². The second-order valence-corrected chi connectivity index (χ2v) is 6.37. The Balaban J connectivity index is 2.10. The number of sulfonamides is 1. The Morgan fingerprint density at radius 2 is 2.28 bits per heavy atom. The van der Waals surface area contributed by atoms with Crippen LogP contribution in [0.25, 0.3) is 0 Å². The summed E-state index contributed by atoms with van der Waals surface area (Å²) in [4.78, 5) is 0.170. The van der Waals surface area contributed by atoms with E-state index in [2.05, 4.69) is 11.6 Å². The number of hydrogen-bond acceptors (Lipinski definition) is 3. The molecule has 96 valence electrons. The number of benzene rings is 1. The first kappa shape index (κ1) is 13.1. The third-order valence-electron chi connectivity index (χ3n) is 3.16. The van der Waals surface area contributed by atoms with E-state index in [1.807, 2.05) is 6.07 Å². The molecule has 0 radical (unpaired) electrons. The second-order valence-electron chi connectivity index (χ2n) is 4.65. The molecule has 4 nitrogen and oxygen atoms in total. The molecule has 1 aliphatic carbocycles. The van der Waals surface area contributed by atoms with Crippen LogP contribution in [-0.2, 0) is 10.0 Å². The summed E-state index contributed by atoms with van der Waals surface area (Å²) in [5.74, 6) is 0.476. The predicted molar refractivity (Wildman–Crippen MR) is 68.3 cm³/mol. The number of rotatable bonds is 5. The normalized spacial score (nSPS) is 22.4. The largest absolute Gasteiger partial charge is 0.240 e. The van der Waals surface area contributed by atoms with Crippen LogP contribution in [0.15, 0.2) is 29.2 Å². The average Bonchev–Trinajstić information content (AvgIpc) is 3.07. The van der Waals surface area contributed by atoms with Crippen molar-refractivity contribution in [1.82, 2.24) is 4.72 Å². The zero-order valence-electron chi connectivity index (χ0n) is 10.3. The van der Waals surface area contributed by atoms with Crippen molar-refractivity contribution in [2.75, 3.05) is 0 Å². The Morgan fingerprint density at radius 1 is 1.50 bits per heavy atom. The predicted octanol–water partition coefficient (Wildman–Crippen LogP) is 2.03. The summed E-state index contributed by atoms with van der Waals surface area (Å²) < 4.78 is 26.9. The lowest BCUT2D eigenvalue weighted by Crippen LogP contribution is -2.27. The zero-order valence-corrected chi connectivity index (χ0v) is 11.1. The highest BCUT2D eigenvalue weighted by molar-refractivity contribution is 7.89. The third kappa shape index (κ3) is 2.89. The smallest absolute Gasteiger partial charge is 0.208 e. The Kier molecular flexibility index (Phi) is 3.69. The molecule has 2 rings (SSSR count). The van der Waals surface area contributed by atoms with Gasteiger partial charge in [-0.1, -0.05) is 19.4 Å². The summed E-state index contributed by atoms with van der Waals surface area (Å²) in [5, 5.41) is 8.77. The van der Waals surface area contributed by atoms with Crippen LogP contribution in [0.1, 0.15) is 31.7 Å². The summed E-state index contributed by atoms with van der Waals surface area (Å²) in [6, 6.07) is 8.11. The van der Waals surface area contributed by atoms with Crippen molar-refractivity contribution < 1.29 is 8.42 Å². The minimum Gasteiger partial charge on any atom is -0.208 e. The van der Waals surface area contributed by atoms with E-state index in [1.165, 1.54) is 12.1 Å². The van der Waals surface area contributed by atoms with Crippen LogP contribution in [0.5, 0.6) is 0 Å². The third-order valence-corrected chi connectivity index (χ3v) is 4.65. The van der Waals surface area contributed by atoms with E-state index in [0.29, 0.717) is 11.5 Å². The van der Waals surface area contributed by atoms with Gasteiger partial charge in [0, 0.05) is 6.04 Å². The van der Waals surface area contributed by atoms with Crippen molar-refractivity contribution in [2.45, 2.75) is 37.1 Å². The van der Waals surface area contributed by atoms with Gasteiger partial charge >= 0.3 is 0 Å². The summed E-state index contributed by atoms with van der Waals surface area (Å²) in [6.45, 7) is 2.10. The lowest BCUT2D eigenvalue weighted by atomic mass is 10.2. The molecule has 1 aliphatic rings. The van der Waals surface area contributed by atoms with Crippen molar-refractivity contribution in [1.29, 1.82) is 5.26 Å². The fourth-order valence-corrected chi connectivity index (χ4v) is 3.45. The number of hydrogen-bond donors (Lipinski definition) is 1. The second kappa shape index (κ2) is 5.09. The number of nitrogens with zero attached hydrogens (tertiary/aromatic N) is 1. The van der Waals surface area contributed by atoms with E-state index in [-0.39, 0.29) is 10.9 Å². The van der Waals surface area contributed by atoms with E-state index >= 15 is 0 Å². The summed E-state index contributed by atoms with van der Waals surface area (Å²) in [5.41, 5.74) is 0.360. The van der Waals surface area contributed by atoms with E-state index in [9.17, 15) is 8.42 Å². The molecule has 1 aromatic rings. The van der Waals surface area contributed by atoms with Crippen molar-refractivity contribution in [3.8, 4) is 6.07 Å². The minimum atomic E-state index is -3.48. The topological polar surface area (TPSA) is 70.0 Å². The van der Waals surface area contributed by atoms with Gasteiger partial charge in [0.05, 0.1) is 16.5 Å². The SMILES string of the molecule is CCCC1CC1NS(=O)(=O)c1cccc(C#N)c1. The van der Waals surface area contributed by atoms with E-state index in [0.717, 1.165) is 19.3 Å². The molecule has 0 saturated heterocycles. The quantitative estimate of drug-likeness (QED) is 0.884. The van der Waals surface area contributed by atoms with Crippen LogP contribution >= 0.6 is 0 Å². The van der Waals surface area contributed by atoms with Crippen LogP contribution < -0.4 is 4.72 Å². The molecule has 1 N–H and O–H groups in total.